The second-order valence-electron chi connectivity index (χ2n) is 8.07. The number of nitrogens with one attached hydrogen (secondary N) is 1. The lowest BCUT2D eigenvalue weighted by Crippen LogP contribution is -2.12. The van der Waals surface area contributed by atoms with Gasteiger partial charge in [-0.2, -0.15) is 0 Å². The molecule has 4 rings (SSSR count). The van der Waals surface area contributed by atoms with Crippen molar-refractivity contribution in [2.45, 2.75) is 19.9 Å². The highest BCUT2D eigenvalue weighted by Gasteiger charge is 2.21. The third kappa shape index (κ3) is 4.59. The van der Waals surface area contributed by atoms with Crippen molar-refractivity contribution >= 4 is 40.9 Å². The van der Waals surface area contributed by atoms with Gasteiger partial charge in [0.15, 0.2) is 5.82 Å². The van der Waals surface area contributed by atoms with Crippen LogP contribution in [0.1, 0.15) is 24.4 Å². The minimum atomic E-state index is -2.55. The van der Waals surface area contributed by atoms with Gasteiger partial charge in [-0.1, -0.05) is 11.6 Å². The maximum atomic E-state index is 15.0. The van der Waals surface area contributed by atoms with Crippen LogP contribution >= 0.6 is 18.7 Å². The zero-order valence-electron chi connectivity index (χ0n) is 18.4. The number of halogens is 3. The number of hydrogen-bond acceptors (Lipinski definition) is 6. The Morgan fingerprint density at radius 2 is 1.85 bits per heavy atom. The average molecular weight is 488 g/mol. The van der Waals surface area contributed by atoms with E-state index in [1.165, 1.54) is 30.6 Å². The highest BCUT2D eigenvalue weighted by atomic mass is 35.5. The summed E-state index contributed by atoms with van der Waals surface area (Å²) in [7, 11) is -2.55. The van der Waals surface area contributed by atoms with Gasteiger partial charge in [-0.15, -0.1) is 0 Å². The number of fused-ring (bicyclic) bond motifs is 1. The van der Waals surface area contributed by atoms with E-state index >= 15 is 0 Å². The van der Waals surface area contributed by atoms with Crippen molar-refractivity contribution in [3.05, 3.63) is 70.8 Å². The molecule has 0 aliphatic carbocycles. The topological polar surface area (TPSA) is 80.7 Å². The Morgan fingerprint density at radius 1 is 1.09 bits per heavy atom. The number of pyridine rings is 4. The Labute approximate surface area is 194 Å². The smallest absolute Gasteiger partial charge is 0.151 e. The summed E-state index contributed by atoms with van der Waals surface area (Å²) in [6, 6.07) is 6.79. The third-order valence-corrected chi connectivity index (χ3v) is 6.98. The van der Waals surface area contributed by atoms with E-state index in [1.807, 2.05) is 0 Å². The number of nitrogens with zero attached hydrogens (tertiary/aromatic N) is 4. The van der Waals surface area contributed by atoms with Crippen molar-refractivity contribution in [3.8, 4) is 11.3 Å². The molecule has 1 unspecified atom stereocenters. The summed E-state index contributed by atoms with van der Waals surface area (Å²) < 4.78 is 41.5. The molecule has 1 atom stereocenters. The SMILES string of the molecule is Cc1nc2cc(F)c(-c3ccc(P(C)(C)=O)nc3)nc2c(NC(C)c2ncccc2F)c1Cl. The molecule has 6 nitrogen and oxygen atoms in total. The van der Waals surface area contributed by atoms with Crippen molar-refractivity contribution in [2.75, 3.05) is 18.6 Å². The molecule has 0 saturated carbocycles. The predicted molar refractivity (Wildman–Crippen MR) is 128 cm³/mol. The molecule has 4 aromatic rings. The van der Waals surface area contributed by atoms with Gasteiger partial charge >= 0.3 is 0 Å². The van der Waals surface area contributed by atoms with Crippen molar-refractivity contribution in [3.63, 3.8) is 0 Å². The maximum absolute atomic E-state index is 15.0. The first-order valence-corrected chi connectivity index (χ1v) is 13.1. The molecular weight excluding hydrogens is 467 g/mol. The third-order valence-electron chi connectivity index (χ3n) is 5.15. The summed E-state index contributed by atoms with van der Waals surface area (Å²) in [6.45, 7) is 6.66. The number of aromatic nitrogens is 4. The minimum Gasteiger partial charge on any atom is -0.374 e. The summed E-state index contributed by atoms with van der Waals surface area (Å²) >= 11 is 6.54. The fourth-order valence-corrected chi connectivity index (χ4v) is 4.40. The highest BCUT2D eigenvalue weighted by molar-refractivity contribution is 7.69. The molecule has 0 saturated heterocycles. The molecule has 4 aromatic heterocycles. The summed E-state index contributed by atoms with van der Waals surface area (Å²) in [5.74, 6) is -1.05. The van der Waals surface area contributed by atoms with Gasteiger partial charge in [-0.3, -0.25) is 9.97 Å². The van der Waals surface area contributed by atoms with Crippen LogP contribution < -0.4 is 10.8 Å². The van der Waals surface area contributed by atoms with Crippen LogP contribution in [0.25, 0.3) is 22.3 Å². The first kappa shape index (κ1) is 23.2. The van der Waals surface area contributed by atoms with Gasteiger partial charge in [0.2, 0.25) is 0 Å². The van der Waals surface area contributed by atoms with Crippen LogP contribution in [0, 0.1) is 18.6 Å². The second-order valence-corrected chi connectivity index (χ2v) is 11.6. The molecule has 0 amide bonds. The highest BCUT2D eigenvalue weighted by Crippen LogP contribution is 2.37. The van der Waals surface area contributed by atoms with Crippen molar-refractivity contribution in [1.82, 2.24) is 19.9 Å². The van der Waals surface area contributed by atoms with Gasteiger partial charge in [0.1, 0.15) is 24.2 Å². The maximum Gasteiger partial charge on any atom is 0.151 e. The molecule has 10 heteroatoms. The first-order valence-electron chi connectivity index (χ1n) is 10.1. The molecule has 0 bridgehead atoms. The van der Waals surface area contributed by atoms with Crippen LogP contribution in [0.4, 0.5) is 14.5 Å². The van der Waals surface area contributed by atoms with Gasteiger partial charge in [-0.25, -0.2) is 18.7 Å². The fourth-order valence-electron chi connectivity index (χ4n) is 3.44. The molecule has 0 fully saturated rings. The first-order chi connectivity index (χ1) is 15.6. The second kappa shape index (κ2) is 8.76. The van der Waals surface area contributed by atoms with Crippen molar-refractivity contribution in [2.24, 2.45) is 0 Å². The lowest BCUT2D eigenvalue weighted by molar-refractivity contribution is 0.587. The van der Waals surface area contributed by atoms with Crippen LogP contribution in [-0.4, -0.2) is 33.3 Å². The molecule has 33 heavy (non-hydrogen) atoms. The quantitative estimate of drug-likeness (QED) is 0.361. The van der Waals surface area contributed by atoms with Crippen molar-refractivity contribution in [1.29, 1.82) is 0 Å². The fraction of sp³-hybridized carbons (Fsp3) is 0.217. The average Bonchev–Trinajstić information content (AvgIpc) is 2.76. The van der Waals surface area contributed by atoms with Gasteiger partial charge in [-0.05, 0) is 51.4 Å². The lowest BCUT2D eigenvalue weighted by Gasteiger charge is -2.19. The molecule has 0 spiro atoms. The van der Waals surface area contributed by atoms with E-state index < -0.39 is 24.8 Å². The normalized spacial score (nSPS) is 12.7. The molecule has 0 radical (unpaired) electrons. The largest absolute Gasteiger partial charge is 0.374 e. The Balaban J connectivity index is 1.84. The predicted octanol–water partition coefficient (Wildman–Crippen LogP) is 5.75. The van der Waals surface area contributed by atoms with Gasteiger partial charge < -0.3 is 9.88 Å². The van der Waals surface area contributed by atoms with Gasteiger partial charge in [0, 0.05) is 24.0 Å². The number of aryl methyl sites for hydroxylation is 1. The molecule has 170 valence electrons. The van der Waals surface area contributed by atoms with E-state index in [1.54, 1.807) is 39.3 Å². The van der Waals surface area contributed by atoms with Crippen LogP contribution in [0.15, 0.2) is 42.7 Å². The van der Waals surface area contributed by atoms with Crippen LogP contribution in [0.2, 0.25) is 5.02 Å². The summed E-state index contributed by atoms with van der Waals surface area (Å²) in [4.78, 5) is 17.2. The lowest BCUT2D eigenvalue weighted by atomic mass is 10.1. The Morgan fingerprint density at radius 3 is 2.48 bits per heavy atom. The number of hydrogen-bond donors (Lipinski definition) is 1. The molecular formula is C23H21ClF2N5OP. The molecule has 4 heterocycles. The standard InChI is InChI=1S/C23H21ClF2N5OP/c1-12-19(24)23(30-13(2)20-15(25)6-5-9-27-20)22-17(29-12)10-16(26)21(31-22)14-7-8-18(28-11-14)33(3,4)32/h5-11,13H,1-4H3,(H,29,30). The summed E-state index contributed by atoms with van der Waals surface area (Å²) in [5, 5.41) is 3.46. The summed E-state index contributed by atoms with van der Waals surface area (Å²) in [6.07, 6.45) is 2.94. The van der Waals surface area contributed by atoms with E-state index in [4.69, 9.17) is 11.6 Å². The van der Waals surface area contributed by atoms with E-state index in [-0.39, 0.29) is 11.4 Å². The Bertz CT molecular complexity index is 1410. The van der Waals surface area contributed by atoms with Gasteiger partial charge in [0.05, 0.1) is 39.1 Å². The van der Waals surface area contributed by atoms with Crippen LogP contribution in [0.3, 0.4) is 0 Å². The van der Waals surface area contributed by atoms with Crippen LogP contribution in [-0.2, 0) is 4.57 Å². The number of rotatable bonds is 5. The monoisotopic (exact) mass is 487 g/mol. The van der Waals surface area contributed by atoms with E-state index in [9.17, 15) is 13.3 Å². The summed E-state index contributed by atoms with van der Waals surface area (Å²) in [5.41, 5.74) is 2.61. The van der Waals surface area contributed by atoms with E-state index in [0.29, 0.717) is 38.4 Å². The molecule has 1 N–H and O–H groups in total. The van der Waals surface area contributed by atoms with Crippen LogP contribution in [0.5, 0.6) is 0 Å². The Kier molecular flexibility index (Phi) is 6.16. The zero-order chi connectivity index (χ0) is 23.9. The molecule has 0 aromatic carbocycles. The molecule has 0 aliphatic heterocycles. The minimum absolute atomic E-state index is 0.0463. The Hall–Kier alpha value is -2.96. The van der Waals surface area contributed by atoms with Gasteiger partial charge in [0.25, 0.3) is 0 Å². The van der Waals surface area contributed by atoms with E-state index in [2.05, 4.69) is 25.3 Å². The van der Waals surface area contributed by atoms with Crippen molar-refractivity contribution < 1.29 is 13.3 Å². The number of anilines is 1. The zero-order valence-corrected chi connectivity index (χ0v) is 20.0. The van der Waals surface area contributed by atoms with E-state index in [0.717, 1.165) is 0 Å². The molecule has 0 aliphatic rings.